The Morgan fingerprint density at radius 1 is 0.824 bits per heavy atom. The summed E-state index contributed by atoms with van der Waals surface area (Å²) >= 11 is 0. The fourth-order valence-electron chi connectivity index (χ4n) is 4.12. The highest BCUT2D eigenvalue weighted by Gasteiger charge is 2.26. The lowest BCUT2D eigenvalue weighted by molar-refractivity contribution is 0.394. The number of hydrogen-bond acceptors (Lipinski definition) is 7. The van der Waals surface area contributed by atoms with Gasteiger partial charge in [-0.05, 0) is 24.3 Å². The summed E-state index contributed by atoms with van der Waals surface area (Å²) in [5.41, 5.74) is -0.838. The van der Waals surface area contributed by atoms with Gasteiger partial charge in [0.15, 0.2) is 11.1 Å². The summed E-state index contributed by atoms with van der Waals surface area (Å²) in [5, 5.41) is 0.0515. The maximum atomic E-state index is 13.7. The van der Waals surface area contributed by atoms with Gasteiger partial charge in [0.25, 0.3) is 11.1 Å². The van der Waals surface area contributed by atoms with E-state index in [0.29, 0.717) is 22.7 Å². The Kier molecular flexibility index (Phi) is 4.85. The van der Waals surface area contributed by atoms with Crippen LogP contribution in [0.4, 0.5) is 0 Å². The van der Waals surface area contributed by atoms with Crippen molar-refractivity contribution < 1.29 is 13.9 Å². The largest absolute Gasteiger partial charge is 0.496 e. The number of para-hydroxylation sites is 1. The van der Waals surface area contributed by atoms with Crippen molar-refractivity contribution in [2.24, 2.45) is 14.1 Å². The number of benzene rings is 2. The molecular weight excluding hydrogens is 440 g/mol. The molecule has 10 heteroatoms. The van der Waals surface area contributed by atoms with Gasteiger partial charge in [-0.3, -0.25) is 23.3 Å². The zero-order valence-electron chi connectivity index (χ0n) is 18.9. The van der Waals surface area contributed by atoms with Crippen LogP contribution in [0, 0.1) is 0 Å². The van der Waals surface area contributed by atoms with Gasteiger partial charge in [-0.2, -0.15) is 0 Å². The van der Waals surface area contributed by atoms with Crippen LogP contribution in [0.15, 0.2) is 67.3 Å². The highest BCUT2D eigenvalue weighted by molar-refractivity contribution is 6.00. The molecule has 10 nitrogen and oxygen atoms in total. The summed E-state index contributed by atoms with van der Waals surface area (Å²) in [5.74, 6) is 0.877. The van der Waals surface area contributed by atoms with Crippen LogP contribution in [-0.4, -0.2) is 32.9 Å². The molecule has 172 valence electrons. The summed E-state index contributed by atoms with van der Waals surface area (Å²) in [6.07, 6.45) is 0. The van der Waals surface area contributed by atoms with Gasteiger partial charge in [0.05, 0.1) is 19.9 Å². The Labute approximate surface area is 191 Å². The number of methoxy groups -OCH3 is 2. The van der Waals surface area contributed by atoms with Crippen LogP contribution < -0.4 is 26.3 Å². The predicted molar refractivity (Wildman–Crippen MR) is 126 cm³/mol. The molecule has 0 bridgehead atoms. The first kappa shape index (κ1) is 21.3. The first-order chi connectivity index (χ1) is 16.4. The highest BCUT2D eigenvalue weighted by atomic mass is 16.5. The second-order valence-electron chi connectivity index (χ2n) is 7.61. The molecule has 0 unspecified atom stereocenters. The molecule has 3 aromatic heterocycles. The van der Waals surface area contributed by atoms with Crippen molar-refractivity contribution in [1.29, 1.82) is 0 Å². The van der Waals surface area contributed by atoms with Crippen LogP contribution in [0.1, 0.15) is 0 Å². The number of oxazole rings is 1. The molecule has 0 aliphatic heterocycles. The Morgan fingerprint density at radius 3 is 2.09 bits per heavy atom. The lowest BCUT2D eigenvalue weighted by Crippen LogP contribution is -2.39. The normalized spacial score (nSPS) is 11.3. The minimum atomic E-state index is -0.609. The third-order valence-corrected chi connectivity index (χ3v) is 5.76. The van der Waals surface area contributed by atoms with E-state index in [-0.39, 0.29) is 28.0 Å². The Bertz CT molecular complexity index is 1740. The molecular formula is C24H20N4O6. The van der Waals surface area contributed by atoms with Crippen LogP contribution in [0.25, 0.3) is 39.3 Å². The number of aromatic nitrogens is 4. The smallest absolute Gasteiger partial charge is 0.332 e. The summed E-state index contributed by atoms with van der Waals surface area (Å²) in [6.45, 7) is 0. The third kappa shape index (κ3) is 2.88. The second kappa shape index (κ2) is 7.77. The van der Waals surface area contributed by atoms with E-state index in [1.165, 1.54) is 37.4 Å². The number of fused-ring (bicyclic) bond motifs is 3. The van der Waals surface area contributed by atoms with E-state index in [9.17, 15) is 14.4 Å². The average Bonchev–Trinajstić information content (AvgIpc) is 3.31. The number of ether oxygens (including phenoxy) is 2. The van der Waals surface area contributed by atoms with E-state index < -0.39 is 16.8 Å². The van der Waals surface area contributed by atoms with E-state index in [2.05, 4.69) is 4.98 Å². The average molecular weight is 460 g/mol. The number of pyridine rings is 1. The number of rotatable bonds is 4. The van der Waals surface area contributed by atoms with E-state index in [0.717, 1.165) is 4.57 Å². The van der Waals surface area contributed by atoms with Crippen molar-refractivity contribution in [3.8, 4) is 28.6 Å². The van der Waals surface area contributed by atoms with Crippen LogP contribution in [0.3, 0.4) is 0 Å². The molecule has 2 aromatic carbocycles. The Balaban J connectivity index is 2.03. The molecule has 0 saturated heterocycles. The maximum Gasteiger partial charge on any atom is 0.332 e. The summed E-state index contributed by atoms with van der Waals surface area (Å²) in [7, 11) is 5.85. The van der Waals surface area contributed by atoms with Gasteiger partial charge in [0.1, 0.15) is 28.1 Å². The van der Waals surface area contributed by atoms with Crippen molar-refractivity contribution in [3.05, 3.63) is 79.7 Å². The van der Waals surface area contributed by atoms with E-state index in [1.54, 1.807) is 48.5 Å². The molecule has 0 fully saturated rings. The standard InChI is InChI=1S/C24H20N4O6/c1-26-21-17(22(29)27(2)24(26)31)19-18(23(30)28(21)13-9-6-5-7-10-13)25-20(34-19)16-14(32-3)11-8-12-15(16)33-4/h5-12H,1-4H3. The van der Waals surface area contributed by atoms with Crippen molar-refractivity contribution in [1.82, 2.24) is 18.7 Å². The Morgan fingerprint density at radius 2 is 1.47 bits per heavy atom. The summed E-state index contributed by atoms with van der Waals surface area (Å²) in [6, 6.07) is 13.9. The highest BCUT2D eigenvalue weighted by Crippen LogP contribution is 2.39. The van der Waals surface area contributed by atoms with Crippen molar-refractivity contribution in [2.45, 2.75) is 0 Å². The fraction of sp³-hybridized carbons (Fsp3) is 0.167. The van der Waals surface area contributed by atoms with E-state index in [1.807, 2.05) is 0 Å². The first-order valence-electron chi connectivity index (χ1n) is 10.3. The fourth-order valence-corrected chi connectivity index (χ4v) is 4.12. The lowest BCUT2D eigenvalue weighted by atomic mass is 10.1. The van der Waals surface area contributed by atoms with Crippen molar-refractivity contribution >= 4 is 22.1 Å². The SMILES string of the molecule is COc1cccc(OC)c1-c1nc2c(=O)n(-c3ccccc3)c3c(c(=O)n(C)c(=O)n3C)c2o1. The molecule has 0 amide bonds. The van der Waals surface area contributed by atoms with Crippen LogP contribution in [-0.2, 0) is 14.1 Å². The number of nitrogens with zero attached hydrogens (tertiary/aromatic N) is 4. The lowest BCUT2D eigenvalue weighted by Gasteiger charge is -2.14. The summed E-state index contributed by atoms with van der Waals surface area (Å²) < 4.78 is 20.5. The number of aryl methyl sites for hydroxylation is 1. The first-order valence-corrected chi connectivity index (χ1v) is 10.3. The van der Waals surface area contributed by atoms with Crippen LogP contribution in [0.2, 0.25) is 0 Å². The molecule has 0 saturated carbocycles. The van der Waals surface area contributed by atoms with Gasteiger partial charge in [-0.15, -0.1) is 0 Å². The molecule has 0 spiro atoms. The van der Waals surface area contributed by atoms with Crippen LogP contribution >= 0.6 is 0 Å². The van der Waals surface area contributed by atoms with Gasteiger partial charge >= 0.3 is 5.69 Å². The van der Waals surface area contributed by atoms with E-state index in [4.69, 9.17) is 13.9 Å². The number of hydrogen-bond donors (Lipinski definition) is 0. The molecule has 0 aliphatic rings. The van der Waals surface area contributed by atoms with Crippen molar-refractivity contribution in [2.75, 3.05) is 14.2 Å². The zero-order valence-corrected chi connectivity index (χ0v) is 18.9. The molecule has 5 rings (SSSR count). The minimum Gasteiger partial charge on any atom is -0.496 e. The monoisotopic (exact) mass is 460 g/mol. The van der Waals surface area contributed by atoms with Crippen molar-refractivity contribution in [3.63, 3.8) is 0 Å². The van der Waals surface area contributed by atoms with Gasteiger partial charge < -0.3 is 13.9 Å². The summed E-state index contributed by atoms with van der Waals surface area (Å²) in [4.78, 5) is 44.2. The molecule has 3 heterocycles. The maximum absolute atomic E-state index is 13.7. The molecule has 0 radical (unpaired) electrons. The van der Waals surface area contributed by atoms with Gasteiger partial charge in [-0.25, -0.2) is 9.78 Å². The van der Waals surface area contributed by atoms with Gasteiger partial charge in [0.2, 0.25) is 5.89 Å². The molecule has 34 heavy (non-hydrogen) atoms. The van der Waals surface area contributed by atoms with E-state index >= 15 is 0 Å². The van der Waals surface area contributed by atoms with Crippen LogP contribution in [0.5, 0.6) is 11.5 Å². The second-order valence-corrected chi connectivity index (χ2v) is 7.61. The topological polar surface area (TPSA) is 110 Å². The van der Waals surface area contributed by atoms with Gasteiger partial charge in [0, 0.05) is 14.1 Å². The van der Waals surface area contributed by atoms with Gasteiger partial charge in [-0.1, -0.05) is 24.3 Å². The predicted octanol–water partition coefficient (Wildman–Crippen LogP) is 2.21. The molecule has 0 atom stereocenters. The third-order valence-electron chi connectivity index (χ3n) is 5.76. The Hall–Kier alpha value is -4.60. The molecule has 0 aliphatic carbocycles. The molecule has 5 aromatic rings. The quantitative estimate of drug-likeness (QED) is 0.404. The zero-order chi connectivity index (χ0) is 24.1. The minimum absolute atomic E-state index is 0.0219. The molecule has 0 N–H and O–H groups in total.